The van der Waals surface area contributed by atoms with Gasteiger partial charge in [0, 0.05) is 31.2 Å². The molecule has 0 aliphatic heterocycles. The molecule has 2 aromatic heterocycles. The molecule has 0 aliphatic carbocycles. The Morgan fingerprint density at radius 1 is 1.47 bits per heavy atom. The third kappa shape index (κ3) is 3.01. The maximum absolute atomic E-state index is 10.9. The first-order valence-corrected chi connectivity index (χ1v) is 5.38. The first-order chi connectivity index (χ1) is 9.20. The van der Waals surface area contributed by atoms with Crippen LogP contribution in [0.1, 0.15) is 11.1 Å². The summed E-state index contributed by atoms with van der Waals surface area (Å²) >= 11 is 0. The quantitative estimate of drug-likeness (QED) is 0.660. The minimum atomic E-state index is -0.570. The first-order valence-electron chi connectivity index (χ1n) is 5.38. The molecule has 0 spiro atoms. The second-order valence-electron chi connectivity index (χ2n) is 3.68. The number of nitrogens with one attached hydrogen (secondary N) is 1. The largest absolute Gasteiger partial charge is 0.360 e. The summed E-state index contributed by atoms with van der Waals surface area (Å²) in [7, 11) is 0. The molecule has 0 amide bonds. The molecule has 2 rings (SSSR count). The molecule has 0 aliphatic rings. The number of aromatic nitrogens is 2. The fourth-order valence-electron chi connectivity index (χ4n) is 1.48. The van der Waals surface area contributed by atoms with Crippen molar-refractivity contribution in [2.45, 2.75) is 6.54 Å². The van der Waals surface area contributed by atoms with Gasteiger partial charge in [0.2, 0.25) is 5.82 Å². The molecule has 0 atom stereocenters. The van der Waals surface area contributed by atoms with Gasteiger partial charge in [0.25, 0.3) is 0 Å². The number of hydrogen-bond acceptors (Lipinski definition) is 6. The number of pyridine rings is 2. The van der Waals surface area contributed by atoms with Gasteiger partial charge in [-0.3, -0.25) is 15.1 Å². The van der Waals surface area contributed by atoms with Gasteiger partial charge in [0.1, 0.15) is 6.07 Å². The van der Waals surface area contributed by atoms with Gasteiger partial charge in [-0.25, -0.2) is 4.98 Å². The van der Waals surface area contributed by atoms with Gasteiger partial charge < -0.3 is 5.32 Å². The number of nitriles is 1. The highest BCUT2D eigenvalue weighted by Crippen LogP contribution is 2.22. The van der Waals surface area contributed by atoms with Gasteiger partial charge in [-0.1, -0.05) is 6.07 Å². The van der Waals surface area contributed by atoms with Gasteiger partial charge in [-0.15, -0.1) is 0 Å². The van der Waals surface area contributed by atoms with Gasteiger partial charge in [0.05, 0.1) is 10.5 Å². The van der Waals surface area contributed by atoms with Gasteiger partial charge in [0.15, 0.2) is 0 Å². The maximum atomic E-state index is 10.9. The average Bonchev–Trinajstić information content (AvgIpc) is 2.46. The van der Waals surface area contributed by atoms with Crippen molar-refractivity contribution < 1.29 is 4.92 Å². The van der Waals surface area contributed by atoms with Crippen LogP contribution in [-0.2, 0) is 6.54 Å². The lowest BCUT2D eigenvalue weighted by Crippen LogP contribution is -2.05. The number of hydrogen-bond donors (Lipinski definition) is 1. The van der Waals surface area contributed by atoms with Crippen molar-refractivity contribution in [2.24, 2.45) is 0 Å². The SMILES string of the molecule is N#Cc1cnc(NCc2cccnc2)c([N+](=O)[O-])c1. The van der Waals surface area contributed by atoms with Crippen LogP contribution in [-0.4, -0.2) is 14.9 Å². The van der Waals surface area contributed by atoms with Crippen LogP contribution in [0, 0.1) is 21.4 Å². The van der Waals surface area contributed by atoms with Crippen LogP contribution in [0.2, 0.25) is 0 Å². The van der Waals surface area contributed by atoms with Gasteiger partial charge in [-0.05, 0) is 11.6 Å². The van der Waals surface area contributed by atoms with Crippen LogP contribution in [0.25, 0.3) is 0 Å². The lowest BCUT2D eigenvalue weighted by molar-refractivity contribution is -0.384. The van der Waals surface area contributed by atoms with Gasteiger partial charge in [-0.2, -0.15) is 5.26 Å². The molecular weight excluding hydrogens is 246 g/mol. The van der Waals surface area contributed by atoms with Crippen LogP contribution >= 0.6 is 0 Å². The minimum absolute atomic E-state index is 0.132. The molecule has 0 bridgehead atoms. The predicted molar refractivity (Wildman–Crippen MR) is 67.2 cm³/mol. The second-order valence-corrected chi connectivity index (χ2v) is 3.68. The summed E-state index contributed by atoms with van der Waals surface area (Å²) in [5, 5.41) is 22.5. The smallest absolute Gasteiger partial charge is 0.312 e. The van der Waals surface area contributed by atoms with Crippen molar-refractivity contribution in [3.63, 3.8) is 0 Å². The summed E-state index contributed by atoms with van der Waals surface area (Å²) in [5.41, 5.74) is 0.810. The van der Waals surface area contributed by atoms with Crippen LogP contribution in [0.5, 0.6) is 0 Å². The molecule has 1 N–H and O–H groups in total. The second kappa shape index (κ2) is 5.55. The monoisotopic (exact) mass is 255 g/mol. The van der Waals surface area contributed by atoms with E-state index in [0.717, 1.165) is 5.56 Å². The van der Waals surface area contributed by atoms with Crippen molar-refractivity contribution in [2.75, 3.05) is 5.32 Å². The molecule has 19 heavy (non-hydrogen) atoms. The van der Waals surface area contributed by atoms with Crippen molar-refractivity contribution in [3.05, 3.63) is 58.0 Å². The highest BCUT2D eigenvalue weighted by Gasteiger charge is 2.16. The van der Waals surface area contributed by atoms with E-state index in [9.17, 15) is 10.1 Å². The Kier molecular flexibility index (Phi) is 3.64. The zero-order valence-electron chi connectivity index (χ0n) is 9.78. The summed E-state index contributed by atoms with van der Waals surface area (Å²) in [6, 6.07) is 6.63. The fourth-order valence-corrected chi connectivity index (χ4v) is 1.48. The Morgan fingerprint density at radius 3 is 2.95 bits per heavy atom. The van der Waals surface area contributed by atoms with Crippen molar-refractivity contribution >= 4 is 11.5 Å². The molecule has 0 saturated heterocycles. The molecule has 0 aromatic carbocycles. The Hall–Kier alpha value is -3.01. The van der Waals surface area contributed by atoms with Crippen LogP contribution in [0.3, 0.4) is 0 Å². The zero-order valence-corrected chi connectivity index (χ0v) is 9.78. The minimum Gasteiger partial charge on any atom is -0.360 e. The molecule has 0 unspecified atom stereocenters. The number of nitro groups is 1. The molecule has 0 fully saturated rings. The maximum Gasteiger partial charge on any atom is 0.312 e. The van der Waals surface area contributed by atoms with E-state index in [4.69, 9.17) is 5.26 Å². The van der Waals surface area contributed by atoms with Crippen molar-refractivity contribution in [1.29, 1.82) is 5.26 Å². The molecule has 0 saturated carbocycles. The molecule has 2 heterocycles. The molecular formula is C12H9N5O2. The van der Waals surface area contributed by atoms with E-state index in [1.165, 1.54) is 12.3 Å². The third-order valence-corrected chi connectivity index (χ3v) is 2.38. The topological polar surface area (TPSA) is 105 Å². The lowest BCUT2D eigenvalue weighted by Gasteiger charge is -2.05. The zero-order chi connectivity index (χ0) is 13.7. The Labute approximate surface area is 108 Å². The molecule has 0 radical (unpaired) electrons. The molecule has 7 heteroatoms. The van der Waals surface area contributed by atoms with Crippen LogP contribution in [0.4, 0.5) is 11.5 Å². The van der Waals surface area contributed by atoms with E-state index < -0.39 is 4.92 Å². The Balaban J connectivity index is 2.21. The van der Waals surface area contributed by atoms with E-state index >= 15 is 0 Å². The fraction of sp³-hybridized carbons (Fsp3) is 0.0833. The first kappa shape index (κ1) is 12.4. The summed E-state index contributed by atoms with van der Waals surface area (Å²) in [5.74, 6) is 0.132. The van der Waals surface area contributed by atoms with Crippen LogP contribution < -0.4 is 5.32 Å². The number of nitrogens with zero attached hydrogens (tertiary/aromatic N) is 4. The summed E-state index contributed by atoms with van der Waals surface area (Å²) in [6.45, 7) is 0.369. The standard InChI is InChI=1S/C12H9N5O2/c13-5-10-4-11(17(18)19)12(16-8-10)15-7-9-2-1-3-14-6-9/h1-4,6,8H,7H2,(H,15,16). The third-order valence-electron chi connectivity index (χ3n) is 2.38. The normalized spacial score (nSPS) is 9.63. The lowest BCUT2D eigenvalue weighted by atomic mass is 10.2. The van der Waals surface area contributed by atoms with E-state index in [-0.39, 0.29) is 17.1 Å². The molecule has 2 aromatic rings. The van der Waals surface area contributed by atoms with Gasteiger partial charge >= 0.3 is 5.69 Å². The summed E-state index contributed by atoms with van der Waals surface area (Å²) in [4.78, 5) is 18.2. The molecule has 7 nitrogen and oxygen atoms in total. The highest BCUT2D eigenvalue weighted by atomic mass is 16.6. The van der Waals surface area contributed by atoms with Crippen molar-refractivity contribution in [1.82, 2.24) is 9.97 Å². The van der Waals surface area contributed by atoms with E-state index in [1.807, 2.05) is 12.1 Å². The summed E-state index contributed by atoms with van der Waals surface area (Å²) < 4.78 is 0. The number of rotatable bonds is 4. The Bertz CT molecular complexity index is 636. The number of anilines is 1. The van der Waals surface area contributed by atoms with E-state index in [2.05, 4.69) is 15.3 Å². The van der Waals surface area contributed by atoms with E-state index in [1.54, 1.807) is 18.5 Å². The van der Waals surface area contributed by atoms with Crippen molar-refractivity contribution in [3.8, 4) is 6.07 Å². The highest BCUT2D eigenvalue weighted by molar-refractivity contribution is 5.58. The average molecular weight is 255 g/mol. The van der Waals surface area contributed by atoms with Crippen LogP contribution in [0.15, 0.2) is 36.8 Å². The predicted octanol–water partition coefficient (Wildman–Crippen LogP) is 1.87. The molecule has 94 valence electrons. The Morgan fingerprint density at radius 2 is 2.32 bits per heavy atom. The summed E-state index contributed by atoms with van der Waals surface area (Å²) in [6.07, 6.45) is 4.59. The van der Waals surface area contributed by atoms with E-state index in [0.29, 0.717) is 6.54 Å².